The summed E-state index contributed by atoms with van der Waals surface area (Å²) in [6.07, 6.45) is 2.87. The lowest BCUT2D eigenvalue weighted by atomic mass is 9.94. The van der Waals surface area contributed by atoms with Gasteiger partial charge >= 0.3 is 0 Å². The highest BCUT2D eigenvalue weighted by molar-refractivity contribution is 5.09. The molecule has 0 amide bonds. The summed E-state index contributed by atoms with van der Waals surface area (Å²) in [4.78, 5) is 0. The minimum Gasteiger partial charge on any atom is -0.393 e. The maximum Gasteiger partial charge on any atom is 0.0797 e. The van der Waals surface area contributed by atoms with Crippen LogP contribution in [0.4, 0.5) is 0 Å². The minimum absolute atomic E-state index is 0.0197. The van der Waals surface area contributed by atoms with Gasteiger partial charge in [0.25, 0.3) is 0 Å². The monoisotopic (exact) mass is 156 g/mol. The summed E-state index contributed by atoms with van der Waals surface area (Å²) in [6, 6.07) is 0. The summed E-state index contributed by atoms with van der Waals surface area (Å²) in [5.41, 5.74) is 0.994. The predicted octanol–water partition coefficient (Wildman–Crippen LogP) is 1.08. The molecule has 0 saturated heterocycles. The zero-order valence-electron chi connectivity index (χ0n) is 7.12. The van der Waals surface area contributed by atoms with E-state index in [0.29, 0.717) is 0 Å². The van der Waals surface area contributed by atoms with E-state index in [-0.39, 0.29) is 12.0 Å². The van der Waals surface area contributed by atoms with E-state index in [9.17, 15) is 10.2 Å². The molecule has 0 aromatic heterocycles. The number of aliphatic hydroxyl groups excluding tert-OH is 2. The Morgan fingerprint density at radius 2 is 2.09 bits per heavy atom. The molecule has 3 unspecified atom stereocenters. The second-order valence-electron chi connectivity index (χ2n) is 3.40. The van der Waals surface area contributed by atoms with Crippen molar-refractivity contribution in [2.45, 2.75) is 38.9 Å². The van der Waals surface area contributed by atoms with Gasteiger partial charge in [0.15, 0.2) is 0 Å². The normalized spacial score (nSPS) is 39.6. The molecule has 1 rings (SSSR count). The first-order valence-corrected chi connectivity index (χ1v) is 4.15. The maximum absolute atomic E-state index is 9.57. The molecule has 0 aromatic rings. The van der Waals surface area contributed by atoms with Crippen LogP contribution in [0.2, 0.25) is 0 Å². The van der Waals surface area contributed by atoms with Crippen LogP contribution >= 0.6 is 0 Å². The molecule has 0 aromatic carbocycles. The average molecular weight is 156 g/mol. The van der Waals surface area contributed by atoms with E-state index < -0.39 is 6.10 Å². The van der Waals surface area contributed by atoms with Crippen molar-refractivity contribution in [3.8, 4) is 0 Å². The van der Waals surface area contributed by atoms with Crippen molar-refractivity contribution in [2.24, 2.45) is 5.92 Å². The fourth-order valence-corrected chi connectivity index (χ4v) is 1.49. The molecule has 0 radical (unpaired) electrons. The summed E-state index contributed by atoms with van der Waals surface area (Å²) < 4.78 is 0. The lowest BCUT2D eigenvalue weighted by Crippen LogP contribution is -2.28. The van der Waals surface area contributed by atoms with Crippen LogP contribution in [-0.2, 0) is 0 Å². The summed E-state index contributed by atoms with van der Waals surface area (Å²) in [5, 5.41) is 19.0. The van der Waals surface area contributed by atoms with Crippen molar-refractivity contribution in [1.82, 2.24) is 0 Å². The van der Waals surface area contributed by atoms with Gasteiger partial charge in [-0.3, -0.25) is 0 Å². The van der Waals surface area contributed by atoms with Gasteiger partial charge in [0.2, 0.25) is 0 Å². The molecule has 0 saturated carbocycles. The minimum atomic E-state index is -0.451. The Balaban J connectivity index is 2.70. The number of rotatable bonds is 0. The second kappa shape index (κ2) is 3.37. The molecule has 1 aliphatic carbocycles. The maximum atomic E-state index is 9.57. The van der Waals surface area contributed by atoms with Crippen LogP contribution in [0.1, 0.15) is 26.7 Å². The van der Waals surface area contributed by atoms with Gasteiger partial charge in [-0.2, -0.15) is 0 Å². The Kier molecular flexibility index (Phi) is 2.68. The zero-order chi connectivity index (χ0) is 8.43. The predicted molar refractivity (Wildman–Crippen MR) is 44.2 cm³/mol. The van der Waals surface area contributed by atoms with Crippen LogP contribution in [0.3, 0.4) is 0 Å². The highest BCUT2D eigenvalue weighted by Gasteiger charge is 2.25. The SMILES string of the molecule is CC1=CCCC(O)C(C)C1O. The lowest BCUT2D eigenvalue weighted by molar-refractivity contribution is 0.0400. The molecule has 0 heterocycles. The Bertz CT molecular complexity index is 163. The number of allylic oxidation sites excluding steroid dienone is 1. The van der Waals surface area contributed by atoms with Gasteiger partial charge in [-0.25, -0.2) is 0 Å². The van der Waals surface area contributed by atoms with Crippen LogP contribution in [0, 0.1) is 5.92 Å². The standard InChI is InChI=1S/C9H16O2/c1-6-4-3-5-8(10)7(2)9(6)11/h4,7-11H,3,5H2,1-2H3. The van der Waals surface area contributed by atoms with Crippen LogP contribution in [0.15, 0.2) is 11.6 Å². The second-order valence-corrected chi connectivity index (χ2v) is 3.40. The van der Waals surface area contributed by atoms with E-state index in [2.05, 4.69) is 0 Å². The number of aliphatic hydroxyl groups is 2. The van der Waals surface area contributed by atoms with Gasteiger partial charge < -0.3 is 10.2 Å². The van der Waals surface area contributed by atoms with Crippen molar-refractivity contribution in [1.29, 1.82) is 0 Å². The van der Waals surface area contributed by atoms with Gasteiger partial charge in [0, 0.05) is 5.92 Å². The Hall–Kier alpha value is -0.340. The van der Waals surface area contributed by atoms with Gasteiger partial charge in [0.1, 0.15) is 0 Å². The number of hydrogen-bond donors (Lipinski definition) is 2. The van der Waals surface area contributed by atoms with Crippen LogP contribution in [0.5, 0.6) is 0 Å². The van der Waals surface area contributed by atoms with E-state index in [1.165, 1.54) is 0 Å². The fraction of sp³-hybridized carbons (Fsp3) is 0.778. The Morgan fingerprint density at radius 1 is 1.45 bits per heavy atom. The first kappa shape index (κ1) is 8.75. The van der Waals surface area contributed by atoms with Crippen molar-refractivity contribution in [3.63, 3.8) is 0 Å². The van der Waals surface area contributed by atoms with Crippen molar-refractivity contribution >= 4 is 0 Å². The molecule has 0 fully saturated rings. The third-order valence-electron chi connectivity index (χ3n) is 2.50. The molecule has 64 valence electrons. The fourth-order valence-electron chi connectivity index (χ4n) is 1.49. The topological polar surface area (TPSA) is 40.5 Å². The van der Waals surface area contributed by atoms with Gasteiger partial charge in [0.05, 0.1) is 12.2 Å². The quantitative estimate of drug-likeness (QED) is 0.515. The highest BCUT2D eigenvalue weighted by Crippen LogP contribution is 2.23. The third-order valence-corrected chi connectivity index (χ3v) is 2.50. The van der Waals surface area contributed by atoms with Crippen molar-refractivity contribution in [2.75, 3.05) is 0 Å². The molecule has 2 N–H and O–H groups in total. The highest BCUT2D eigenvalue weighted by atomic mass is 16.3. The Morgan fingerprint density at radius 3 is 2.73 bits per heavy atom. The van der Waals surface area contributed by atoms with Crippen molar-refractivity contribution in [3.05, 3.63) is 11.6 Å². The summed E-state index contributed by atoms with van der Waals surface area (Å²) >= 11 is 0. The summed E-state index contributed by atoms with van der Waals surface area (Å²) in [5.74, 6) is -0.0197. The van der Waals surface area contributed by atoms with E-state index in [0.717, 1.165) is 18.4 Å². The largest absolute Gasteiger partial charge is 0.393 e. The molecule has 0 spiro atoms. The van der Waals surface area contributed by atoms with Gasteiger partial charge in [-0.15, -0.1) is 0 Å². The van der Waals surface area contributed by atoms with E-state index in [1.54, 1.807) is 0 Å². The van der Waals surface area contributed by atoms with Gasteiger partial charge in [-0.05, 0) is 25.3 Å². The molecular weight excluding hydrogens is 140 g/mol. The van der Waals surface area contributed by atoms with E-state index >= 15 is 0 Å². The summed E-state index contributed by atoms with van der Waals surface area (Å²) in [6.45, 7) is 3.80. The average Bonchev–Trinajstić information content (AvgIpc) is 2.07. The lowest BCUT2D eigenvalue weighted by Gasteiger charge is -2.21. The molecular formula is C9H16O2. The van der Waals surface area contributed by atoms with Gasteiger partial charge in [-0.1, -0.05) is 13.0 Å². The first-order valence-electron chi connectivity index (χ1n) is 4.15. The molecule has 11 heavy (non-hydrogen) atoms. The van der Waals surface area contributed by atoms with Crippen molar-refractivity contribution < 1.29 is 10.2 Å². The molecule has 1 aliphatic rings. The smallest absolute Gasteiger partial charge is 0.0797 e. The Labute approximate surface area is 67.6 Å². The summed E-state index contributed by atoms with van der Waals surface area (Å²) in [7, 11) is 0. The number of hydrogen-bond acceptors (Lipinski definition) is 2. The molecule has 0 bridgehead atoms. The van der Waals surface area contributed by atoms with Crippen LogP contribution in [-0.4, -0.2) is 22.4 Å². The first-order chi connectivity index (χ1) is 5.13. The zero-order valence-corrected chi connectivity index (χ0v) is 7.12. The molecule has 3 atom stereocenters. The molecule has 2 heteroatoms. The molecule has 2 nitrogen and oxygen atoms in total. The van der Waals surface area contributed by atoms with E-state index in [1.807, 2.05) is 19.9 Å². The van der Waals surface area contributed by atoms with E-state index in [4.69, 9.17) is 0 Å². The third kappa shape index (κ3) is 1.82. The molecule has 0 aliphatic heterocycles. The van der Waals surface area contributed by atoms with Crippen LogP contribution < -0.4 is 0 Å². The van der Waals surface area contributed by atoms with Crippen LogP contribution in [0.25, 0.3) is 0 Å².